The predicted molar refractivity (Wildman–Crippen MR) is 70.0 cm³/mol. The van der Waals surface area contributed by atoms with Crippen LogP contribution in [0.25, 0.3) is 0 Å². The van der Waals surface area contributed by atoms with Gasteiger partial charge in [-0.25, -0.2) is 0 Å². The zero-order valence-corrected chi connectivity index (χ0v) is 10.8. The van der Waals surface area contributed by atoms with Crippen LogP contribution in [0.15, 0.2) is 30.6 Å². The average molecular weight is 255 g/mol. The summed E-state index contributed by atoms with van der Waals surface area (Å²) in [5, 5.41) is 3.41. The molecule has 0 radical (unpaired) electrons. The third-order valence-electron chi connectivity index (χ3n) is 2.43. The largest absolute Gasteiger partial charge is 0.354 e. The highest BCUT2D eigenvalue weighted by Crippen LogP contribution is 2.21. The van der Waals surface area contributed by atoms with E-state index in [1.54, 1.807) is 11.3 Å². The van der Waals surface area contributed by atoms with Crippen LogP contribution in [0.4, 0.5) is 0 Å². The van der Waals surface area contributed by atoms with Gasteiger partial charge in [0.25, 0.3) is 0 Å². The summed E-state index contributed by atoms with van der Waals surface area (Å²) in [4.78, 5) is 1.28. The van der Waals surface area contributed by atoms with E-state index in [9.17, 15) is 0 Å². The molecule has 86 valence electrons. The van der Waals surface area contributed by atoms with Gasteiger partial charge in [0.15, 0.2) is 0 Å². The SMILES string of the molecule is CCn1ccc(CNCc2ccc(Cl)s2)c1. The van der Waals surface area contributed by atoms with E-state index in [2.05, 4.69) is 41.3 Å². The van der Waals surface area contributed by atoms with E-state index in [0.29, 0.717) is 0 Å². The minimum atomic E-state index is 0.855. The normalized spacial score (nSPS) is 10.9. The van der Waals surface area contributed by atoms with Gasteiger partial charge in [-0.3, -0.25) is 0 Å². The van der Waals surface area contributed by atoms with Gasteiger partial charge in [-0.15, -0.1) is 11.3 Å². The van der Waals surface area contributed by atoms with Gasteiger partial charge >= 0.3 is 0 Å². The first-order chi connectivity index (χ1) is 7.78. The summed E-state index contributed by atoms with van der Waals surface area (Å²) >= 11 is 7.50. The van der Waals surface area contributed by atoms with Gasteiger partial charge in [0.1, 0.15) is 0 Å². The van der Waals surface area contributed by atoms with Crippen molar-refractivity contribution >= 4 is 22.9 Å². The summed E-state index contributed by atoms with van der Waals surface area (Å²) in [5.41, 5.74) is 1.32. The lowest BCUT2D eigenvalue weighted by Gasteiger charge is -2.00. The van der Waals surface area contributed by atoms with Crippen molar-refractivity contribution in [3.8, 4) is 0 Å². The van der Waals surface area contributed by atoms with E-state index in [-0.39, 0.29) is 0 Å². The van der Waals surface area contributed by atoms with E-state index >= 15 is 0 Å². The number of aromatic nitrogens is 1. The van der Waals surface area contributed by atoms with Gasteiger partial charge in [-0.1, -0.05) is 11.6 Å². The van der Waals surface area contributed by atoms with Gasteiger partial charge in [0.2, 0.25) is 0 Å². The van der Waals surface area contributed by atoms with Crippen LogP contribution in [0.2, 0.25) is 4.34 Å². The second-order valence-corrected chi connectivity index (χ2v) is 5.46. The van der Waals surface area contributed by atoms with Gasteiger partial charge in [0, 0.05) is 36.9 Å². The topological polar surface area (TPSA) is 17.0 Å². The molecule has 2 aromatic heterocycles. The maximum absolute atomic E-state index is 5.87. The molecule has 4 heteroatoms. The van der Waals surface area contributed by atoms with Gasteiger partial charge in [-0.05, 0) is 30.7 Å². The molecule has 1 N–H and O–H groups in total. The molecule has 2 aromatic rings. The van der Waals surface area contributed by atoms with Crippen molar-refractivity contribution in [2.75, 3.05) is 0 Å². The Kier molecular flexibility index (Phi) is 4.04. The molecule has 0 bridgehead atoms. The fraction of sp³-hybridized carbons (Fsp3) is 0.333. The molecule has 0 unspecified atom stereocenters. The molecule has 0 saturated carbocycles. The Morgan fingerprint density at radius 3 is 2.81 bits per heavy atom. The summed E-state index contributed by atoms with van der Waals surface area (Å²) in [6, 6.07) is 6.16. The van der Waals surface area contributed by atoms with Gasteiger partial charge < -0.3 is 9.88 Å². The quantitative estimate of drug-likeness (QED) is 0.864. The Labute approximate surface area is 105 Å². The highest BCUT2D eigenvalue weighted by Gasteiger charge is 1.98. The number of nitrogens with one attached hydrogen (secondary N) is 1. The van der Waals surface area contributed by atoms with Crippen molar-refractivity contribution in [3.05, 3.63) is 45.4 Å². The number of hydrogen-bond acceptors (Lipinski definition) is 2. The van der Waals surface area contributed by atoms with Crippen LogP contribution in [0.1, 0.15) is 17.4 Å². The van der Waals surface area contributed by atoms with Crippen LogP contribution in [0, 0.1) is 0 Å². The van der Waals surface area contributed by atoms with E-state index < -0.39 is 0 Å². The molecule has 0 aliphatic heterocycles. The Balaban J connectivity index is 1.79. The van der Waals surface area contributed by atoms with Crippen LogP contribution in [-0.4, -0.2) is 4.57 Å². The number of hydrogen-bond donors (Lipinski definition) is 1. The molecule has 0 atom stereocenters. The van der Waals surface area contributed by atoms with Crippen molar-refractivity contribution in [3.63, 3.8) is 0 Å². The molecule has 0 aliphatic rings. The smallest absolute Gasteiger partial charge is 0.0931 e. The van der Waals surface area contributed by atoms with Crippen molar-refractivity contribution in [1.29, 1.82) is 0 Å². The molecule has 0 aliphatic carbocycles. The molecule has 0 spiro atoms. The zero-order chi connectivity index (χ0) is 11.4. The lowest BCUT2D eigenvalue weighted by atomic mass is 10.3. The monoisotopic (exact) mass is 254 g/mol. The number of halogens is 1. The molecular formula is C12H15ClN2S. The highest BCUT2D eigenvalue weighted by atomic mass is 35.5. The Bertz CT molecular complexity index is 447. The summed E-state index contributed by atoms with van der Waals surface area (Å²) < 4.78 is 3.04. The second-order valence-electron chi connectivity index (χ2n) is 3.66. The number of rotatable bonds is 5. The van der Waals surface area contributed by atoms with Crippen molar-refractivity contribution in [1.82, 2.24) is 9.88 Å². The summed E-state index contributed by atoms with van der Waals surface area (Å²) in [5.74, 6) is 0. The summed E-state index contributed by atoms with van der Waals surface area (Å²) in [6.45, 7) is 4.96. The fourth-order valence-corrected chi connectivity index (χ4v) is 2.63. The van der Waals surface area contributed by atoms with E-state index in [1.165, 1.54) is 10.4 Å². The number of nitrogens with zero attached hydrogens (tertiary/aromatic N) is 1. The molecule has 2 rings (SSSR count). The van der Waals surface area contributed by atoms with Crippen molar-refractivity contribution in [2.24, 2.45) is 0 Å². The highest BCUT2D eigenvalue weighted by molar-refractivity contribution is 7.16. The van der Waals surface area contributed by atoms with E-state index in [0.717, 1.165) is 24.0 Å². The van der Waals surface area contributed by atoms with Crippen LogP contribution < -0.4 is 5.32 Å². The third-order valence-corrected chi connectivity index (χ3v) is 3.67. The van der Waals surface area contributed by atoms with E-state index in [4.69, 9.17) is 11.6 Å². The van der Waals surface area contributed by atoms with E-state index in [1.807, 2.05) is 6.07 Å². The molecule has 0 aromatic carbocycles. The summed E-state index contributed by atoms with van der Waals surface area (Å²) in [6.07, 6.45) is 4.29. The first-order valence-electron chi connectivity index (χ1n) is 5.37. The molecule has 0 saturated heterocycles. The second kappa shape index (κ2) is 5.53. The molecule has 2 nitrogen and oxygen atoms in total. The van der Waals surface area contributed by atoms with Crippen LogP contribution in [0.5, 0.6) is 0 Å². The maximum Gasteiger partial charge on any atom is 0.0931 e. The van der Waals surface area contributed by atoms with Crippen LogP contribution in [-0.2, 0) is 19.6 Å². The van der Waals surface area contributed by atoms with Crippen molar-refractivity contribution in [2.45, 2.75) is 26.6 Å². The maximum atomic E-state index is 5.87. The lowest BCUT2D eigenvalue weighted by Crippen LogP contribution is -2.11. The Hall–Kier alpha value is -0.770. The zero-order valence-electron chi connectivity index (χ0n) is 9.24. The van der Waals surface area contributed by atoms with Gasteiger partial charge in [-0.2, -0.15) is 0 Å². The number of thiophene rings is 1. The molecular weight excluding hydrogens is 240 g/mol. The summed E-state index contributed by atoms with van der Waals surface area (Å²) in [7, 11) is 0. The average Bonchev–Trinajstić information content (AvgIpc) is 2.88. The molecule has 0 amide bonds. The minimum absolute atomic E-state index is 0.855. The van der Waals surface area contributed by atoms with Crippen molar-refractivity contribution < 1.29 is 0 Å². The molecule has 0 fully saturated rings. The molecule has 16 heavy (non-hydrogen) atoms. The fourth-order valence-electron chi connectivity index (χ4n) is 1.57. The lowest BCUT2D eigenvalue weighted by molar-refractivity contribution is 0.695. The Morgan fingerprint density at radius 1 is 1.31 bits per heavy atom. The van der Waals surface area contributed by atoms with Gasteiger partial charge in [0.05, 0.1) is 4.34 Å². The third kappa shape index (κ3) is 3.11. The molecule has 2 heterocycles. The Morgan fingerprint density at radius 2 is 2.19 bits per heavy atom. The van der Waals surface area contributed by atoms with Crippen LogP contribution >= 0.6 is 22.9 Å². The first-order valence-corrected chi connectivity index (χ1v) is 6.57. The standard InChI is InChI=1S/C12H15ClN2S/c1-2-15-6-5-10(9-15)7-14-8-11-3-4-12(13)16-11/h3-6,9,14H,2,7-8H2,1H3. The number of aryl methyl sites for hydroxylation is 1. The predicted octanol–water partition coefficient (Wildman–Crippen LogP) is 3.51. The first kappa shape index (κ1) is 11.7. The minimum Gasteiger partial charge on any atom is -0.354 e. The van der Waals surface area contributed by atoms with Crippen LogP contribution in [0.3, 0.4) is 0 Å².